The molecule has 0 saturated carbocycles. The second-order valence-electron chi connectivity index (χ2n) is 5.69. The third kappa shape index (κ3) is 4.92. The lowest BCUT2D eigenvalue weighted by molar-refractivity contribution is -0.133. The van der Waals surface area contributed by atoms with Gasteiger partial charge in [-0.3, -0.25) is 14.5 Å². The highest BCUT2D eigenvalue weighted by Crippen LogP contribution is 2.16. The molecule has 1 aliphatic rings. The number of piperazine rings is 1. The van der Waals surface area contributed by atoms with Crippen LogP contribution >= 0.6 is 0 Å². The van der Waals surface area contributed by atoms with Crippen LogP contribution in [0.1, 0.15) is 0 Å². The van der Waals surface area contributed by atoms with Gasteiger partial charge in [0.1, 0.15) is 5.82 Å². The van der Waals surface area contributed by atoms with Crippen LogP contribution in [0.2, 0.25) is 0 Å². The van der Waals surface area contributed by atoms with Crippen LogP contribution in [0.4, 0.5) is 10.1 Å². The number of benzene rings is 1. The van der Waals surface area contributed by atoms with E-state index in [9.17, 15) is 14.0 Å². The molecule has 1 aliphatic heterocycles. The first-order valence-electron chi connectivity index (χ1n) is 7.67. The molecular formula is C16H23FN4O2. The summed E-state index contributed by atoms with van der Waals surface area (Å²) >= 11 is 0. The molecule has 0 radical (unpaired) electrons. The predicted molar refractivity (Wildman–Crippen MR) is 86.8 cm³/mol. The average Bonchev–Trinajstić information content (AvgIpc) is 2.55. The maximum Gasteiger partial charge on any atom is 0.236 e. The van der Waals surface area contributed by atoms with Crippen molar-refractivity contribution in [2.24, 2.45) is 0 Å². The minimum atomic E-state index is -0.248. The highest BCUT2D eigenvalue weighted by molar-refractivity contribution is 5.81. The van der Waals surface area contributed by atoms with E-state index in [4.69, 9.17) is 0 Å². The van der Waals surface area contributed by atoms with Crippen LogP contribution in [-0.2, 0) is 9.59 Å². The molecule has 6 nitrogen and oxygen atoms in total. The number of amides is 2. The van der Waals surface area contributed by atoms with E-state index in [0.29, 0.717) is 13.1 Å². The maximum absolute atomic E-state index is 13.0. The maximum atomic E-state index is 13.0. The van der Waals surface area contributed by atoms with Crippen molar-refractivity contribution in [1.29, 1.82) is 0 Å². The minimum absolute atomic E-state index is 0.0233. The lowest BCUT2D eigenvalue weighted by atomic mass is 10.2. The highest BCUT2D eigenvalue weighted by atomic mass is 19.1. The highest BCUT2D eigenvalue weighted by Gasteiger charge is 2.22. The minimum Gasteiger partial charge on any atom is -0.368 e. The van der Waals surface area contributed by atoms with Crippen LogP contribution < -0.4 is 10.2 Å². The van der Waals surface area contributed by atoms with E-state index in [-0.39, 0.29) is 30.7 Å². The summed E-state index contributed by atoms with van der Waals surface area (Å²) in [5.41, 5.74) is 0.968. The van der Waals surface area contributed by atoms with Gasteiger partial charge in [0.2, 0.25) is 11.8 Å². The van der Waals surface area contributed by atoms with Crippen LogP contribution in [-0.4, -0.2) is 75.0 Å². The molecule has 1 fully saturated rings. The summed E-state index contributed by atoms with van der Waals surface area (Å²) in [7, 11) is 3.33. The molecule has 1 aromatic carbocycles. The van der Waals surface area contributed by atoms with Gasteiger partial charge in [0, 0.05) is 38.9 Å². The van der Waals surface area contributed by atoms with Crippen LogP contribution in [0.3, 0.4) is 0 Å². The van der Waals surface area contributed by atoms with E-state index in [1.165, 1.54) is 12.1 Å². The standard InChI is InChI=1S/C16H23FN4O2/c1-18-15(22)11-19(2)12-16(23)21-9-7-20(8-10-21)14-5-3-13(17)4-6-14/h3-6H,7-12H2,1-2H3,(H,18,22). The van der Waals surface area contributed by atoms with Gasteiger partial charge >= 0.3 is 0 Å². The van der Waals surface area contributed by atoms with Crippen molar-refractivity contribution in [3.63, 3.8) is 0 Å². The quantitative estimate of drug-likeness (QED) is 0.839. The van der Waals surface area contributed by atoms with Crippen molar-refractivity contribution in [3.8, 4) is 0 Å². The Morgan fingerprint density at radius 3 is 2.30 bits per heavy atom. The van der Waals surface area contributed by atoms with Crippen LogP contribution in [0.15, 0.2) is 24.3 Å². The summed E-state index contributed by atoms with van der Waals surface area (Å²) < 4.78 is 13.0. The Hall–Kier alpha value is -2.15. The Kier molecular flexibility index (Phi) is 5.92. The number of hydrogen-bond acceptors (Lipinski definition) is 4. The number of halogens is 1. The first kappa shape index (κ1) is 17.2. The van der Waals surface area contributed by atoms with E-state index in [1.807, 2.05) is 0 Å². The molecule has 0 bridgehead atoms. The normalized spacial score (nSPS) is 15.0. The molecule has 1 saturated heterocycles. The van der Waals surface area contributed by atoms with Gasteiger partial charge in [-0.15, -0.1) is 0 Å². The van der Waals surface area contributed by atoms with Crippen LogP contribution in [0, 0.1) is 5.82 Å². The molecule has 0 aromatic heterocycles. The zero-order valence-corrected chi connectivity index (χ0v) is 13.6. The molecule has 2 rings (SSSR count). The number of rotatable bonds is 5. The van der Waals surface area contributed by atoms with Gasteiger partial charge in [-0.2, -0.15) is 0 Å². The van der Waals surface area contributed by atoms with E-state index in [2.05, 4.69) is 10.2 Å². The summed E-state index contributed by atoms with van der Waals surface area (Å²) in [6.07, 6.45) is 0. The van der Waals surface area contributed by atoms with Crippen molar-refractivity contribution < 1.29 is 14.0 Å². The van der Waals surface area contributed by atoms with Gasteiger partial charge in [-0.25, -0.2) is 4.39 Å². The molecule has 1 N–H and O–H groups in total. The smallest absolute Gasteiger partial charge is 0.236 e. The van der Waals surface area contributed by atoms with E-state index in [1.54, 1.807) is 36.0 Å². The third-order valence-electron chi connectivity index (χ3n) is 3.92. The zero-order valence-electron chi connectivity index (χ0n) is 13.6. The fraction of sp³-hybridized carbons (Fsp3) is 0.500. The third-order valence-corrected chi connectivity index (χ3v) is 3.92. The van der Waals surface area contributed by atoms with Gasteiger partial charge in [0.05, 0.1) is 13.1 Å². The number of hydrogen-bond donors (Lipinski definition) is 1. The molecule has 0 spiro atoms. The van der Waals surface area contributed by atoms with E-state index >= 15 is 0 Å². The van der Waals surface area contributed by atoms with Crippen molar-refractivity contribution in [3.05, 3.63) is 30.1 Å². The van der Waals surface area contributed by atoms with Crippen molar-refractivity contribution in [2.45, 2.75) is 0 Å². The molecule has 1 aromatic rings. The second-order valence-corrected chi connectivity index (χ2v) is 5.69. The van der Waals surface area contributed by atoms with Gasteiger partial charge in [0.25, 0.3) is 0 Å². The lowest BCUT2D eigenvalue weighted by Crippen LogP contribution is -2.51. The summed E-state index contributed by atoms with van der Waals surface area (Å²) in [4.78, 5) is 29.2. The second kappa shape index (κ2) is 7.92. The number of nitrogens with one attached hydrogen (secondary N) is 1. The molecule has 0 unspecified atom stereocenters. The summed E-state index contributed by atoms with van der Waals surface area (Å²) in [5, 5.41) is 2.54. The fourth-order valence-corrected chi connectivity index (χ4v) is 2.58. The van der Waals surface area contributed by atoms with Gasteiger partial charge < -0.3 is 15.1 Å². The van der Waals surface area contributed by atoms with E-state index in [0.717, 1.165) is 18.8 Å². The van der Waals surface area contributed by atoms with Gasteiger partial charge in [0.15, 0.2) is 0 Å². The fourth-order valence-electron chi connectivity index (χ4n) is 2.58. The number of nitrogens with zero attached hydrogens (tertiary/aromatic N) is 3. The number of carbonyl (C=O) groups excluding carboxylic acids is 2. The van der Waals surface area contributed by atoms with Crippen molar-refractivity contribution in [1.82, 2.24) is 15.1 Å². The number of carbonyl (C=O) groups is 2. The molecule has 7 heteroatoms. The molecule has 1 heterocycles. The first-order valence-corrected chi connectivity index (χ1v) is 7.67. The largest absolute Gasteiger partial charge is 0.368 e. The van der Waals surface area contributed by atoms with Gasteiger partial charge in [-0.1, -0.05) is 0 Å². The zero-order chi connectivity index (χ0) is 16.8. The number of anilines is 1. The molecule has 0 aliphatic carbocycles. The lowest BCUT2D eigenvalue weighted by Gasteiger charge is -2.36. The predicted octanol–water partition coefficient (Wildman–Crippen LogP) is 0.152. The van der Waals surface area contributed by atoms with Crippen molar-refractivity contribution in [2.75, 3.05) is 58.3 Å². The topological polar surface area (TPSA) is 55.9 Å². The Labute approximate surface area is 135 Å². The molecule has 126 valence electrons. The number of likely N-dealkylation sites (N-methyl/N-ethyl adjacent to an activating group) is 2. The van der Waals surface area contributed by atoms with E-state index < -0.39 is 0 Å². The summed E-state index contributed by atoms with van der Waals surface area (Å²) in [5.74, 6) is -0.335. The Bertz CT molecular complexity index is 542. The molecule has 23 heavy (non-hydrogen) atoms. The Morgan fingerprint density at radius 2 is 1.74 bits per heavy atom. The molecular weight excluding hydrogens is 299 g/mol. The van der Waals surface area contributed by atoms with Gasteiger partial charge in [-0.05, 0) is 31.3 Å². The SMILES string of the molecule is CNC(=O)CN(C)CC(=O)N1CCN(c2ccc(F)cc2)CC1. The first-order chi connectivity index (χ1) is 11.0. The molecule has 2 amide bonds. The van der Waals surface area contributed by atoms with Crippen LogP contribution in [0.25, 0.3) is 0 Å². The Balaban J connectivity index is 1.80. The average molecular weight is 322 g/mol. The molecule has 0 atom stereocenters. The van der Waals surface area contributed by atoms with Crippen LogP contribution in [0.5, 0.6) is 0 Å². The Morgan fingerprint density at radius 1 is 1.13 bits per heavy atom. The summed E-state index contributed by atoms with van der Waals surface area (Å²) in [6.45, 7) is 3.13. The monoisotopic (exact) mass is 322 g/mol. The van der Waals surface area contributed by atoms with Crippen molar-refractivity contribution >= 4 is 17.5 Å². The summed E-state index contributed by atoms with van der Waals surface area (Å²) in [6, 6.07) is 6.40.